The molecule has 74 valence electrons. The Morgan fingerprint density at radius 3 is 3.07 bits per heavy atom. The topological polar surface area (TPSA) is 24.4 Å². The fraction of sp³-hybridized carbons (Fsp3) is 0.300. The van der Waals surface area contributed by atoms with E-state index in [2.05, 4.69) is 58.0 Å². The minimum absolute atomic E-state index is 0.449. The second kappa shape index (κ2) is 4.53. The Kier molecular flexibility index (Phi) is 3.33. The van der Waals surface area contributed by atoms with Crippen molar-refractivity contribution < 1.29 is 0 Å². The molecule has 0 saturated heterocycles. The summed E-state index contributed by atoms with van der Waals surface area (Å²) in [5.74, 6) is 1.09. The van der Waals surface area contributed by atoms with Crippen molar-refractivity contribution in [3.63, 3.8) is 0 Å². The number of hydrogen-bond acceptors (Lipinski definition) is 3. The second-order valence-corrected chi connectivity index (χ2v) is 5.48. The molecule has 2 rings (SSSR count). The molecule has 0 radical (unpaired) electrons. The molecule has 0 fully saturated rings. The summed E-state index contributed by atoms with van der Waals surface area (Å²) in [4.78, 5) is 4.48. The molecule has 1 atom stereocenters. The number of nitrogens with zero attached hydrogens (tertiary/aromatic N) is 1. The Bertz CT molecular complexity index is 365. The summed E-state index contributed by atoms with van der Waals surface area (Å²) in [5, 5.41) is 4.36. The van der Waals surface area contributed by atoms with E-state index >= 15 is 0 Å². The lowest BCUT2D eigenvalue weighted by atomic mass is 10.3. The molecule has 1 heterocycles. The SMILES string of the molecule is CC1CSC(Nc2cccc(I)c2)=N1. The molecule has 0 saturated carbocycles. The van der Waals surface area contributed by atoms with Crippen molar-refractivity contribution in [2.75, 3.05) is 11.1 Å². The molecule has 1 unspecified atom stereocenters. The van der Waals surface area contributed by atoms with E-state index in [9.17, 15) is 0 Å². The highest BCUT2D eigenvalue weighted by molar-refractivity contribution is 14.1. The third kappa shape index (κ3) is 2.63. The maximum atomic E-state index is 4.48. The zero-order valence-electron chi connectivity index (χ0n) is 7.83. The largest absolute Gasteiger partial charge is 0.335 e. The zero-order valence-corrected chi connectivity index (χ0v) is 10.8. The molecular formula is C10H11IN2S. The molecule has 0 bridgehead atoms. The van der Waals surface area contributed by atoms with Crippen LogP contribution in [0.5, 0.6) is 0 Å². The van der Waals surface area contributed by atoms with Crippen LogP contribution in [0.15, 0.2) is 29.3 Å². The highest BCUT2D eigenvalue weighted by atomic mass is 127. The van der Waals surface area contributed by atoms with Crippen LogP contribution in [0.3, 0.4) is 0 Å². The van der Waals surface area contributed by atoms with Gasteiger partial charge >= 0.3 is 0 Å². The standard InChI is InChI=1S/C10H11IN2S/c1-7-6-14-10(12-7)13-9-4-2-3-8(11)5-9/h2-5,7H,6H2,1H3,(H,12,13). The Balaban J connectivity index is 2.08. The van der Waals surface area contributed by atoms with Gasteiger partial charge in [-0.3, -0.25) is 4.99 Å². The summed E-state index contributed by atoms with van der Waals surface area (Å²) in [6, 6.07) is 8.76. The number of anilines is 1. The number of thioether (sulfide) groups is 1. The van der Waals surface area contributed by atoms with E-state index in [-0.39, 0.29) is 0 Å². The molecule has 1 aromatic carbocycles. The Morgan fingerprint density at radius 1 is 1.57 bits per heavy atom. The van der Waals surface area contributed by atoms with Crippen LogP contribution in [0.2, 0.25) is 0 Å². The summed E-state index contributed by atoms with van der Waals surface area (Å²) >= 11 is 4.10. The van der Waals surface area contributed by atoms with Crippen molar-refractivity contribution >= 4 is 45.2 Å². The molecule has 0 aliphatic carbocycles. The second-order valence-electron chi connectivity index (χ2n) is 3.23. The molecule has 1 aliphatic rings. The zero-order chi connectivity index (χ0) is 9.97. The summed E-state index contributed by atoms with van der Waals surface area (Å²) in [5.41, 5.74) is 1.12. The van der Waals surface area contributed by atoms with Crippen molar-refractivity contribution in [3.05, 3.63) is 27.8 Å². The van der Waals surface area contributed by atoms with Gasteiger partial charge in [-0.2, -0.15) is 0 Å². The van der Waals surface area contributed by atoms with Crippen molar-refractivity contribution in [1.82, 2.24) is 0 Å². The Hall–Kier alpha value is -0.230. The van der Waals surface area contributed by atoms with Crippen LogP contribution in [0.4, 0.5) is 5.69 Å². The van der Waals surface area contributed by atoms with Crippen LogP contribution < -0.4 is 5.32 Å². The van der Waals surface area contributed by atoms with E-state index in [1.165, 1.54) is 3.57 Å². The summed E-state index contributed by atoms with van der Waals surface area (Å²) in [6.07, 6.45) is 0. The van der Waals surface area contributed by atoms with Crippen molar-refractivity contribution in [2.24, 2.45) is 4.99 Å². The van der Waals surface area contributed by atoms with E-state index in [1.54, 1.807) is 11.8 Å². The normalized spacial score (nSPS) is 20.7. The highest BCUT2D eigenvalue weighted by Crippen LogP contribution is 2.20. The fourth-order valence-corrected chi connectivity index (χ4v) is 2.69. The van der Waals surface area contributed by atoms with Crippen molar-refractivity contribution in [3.8, 4) is 0 Å². The number of nitrogens with one attached hydrogen (secondary N) is 1. The minimum Gasteiger partial charge on any atom is -0.335 e. The van der Waals surface area contributed by atoms with Crippen molar-refractivity contribution in [2.45, 2.75) is 13.0 Å². The van der Waals surface area contributed by atoms with Crippen LogP contribution in [-0.2, 0) is 0 Å². The number of halogens is 1. The number of aliphatic imine (C=N–C) groups is 1. The van der Waals surface area contributed by atoms with Crippen LogP contribution >= 0.6 is 34.4 Å². The van der Waals surface area contributed by atoms with Gasteiger partial charge in [-0.05, 0) is 47.7 Å². The van der Waals surface area contributed by atoms with E-state index in [0.29, 0.717) is 6.04 Å². The first-order valence-electron chi connectivity index (χ1n) is 4.47. The van der Waals surface area contributed by atoms with Crippen molar-refractivity contribution in [1.29, 1.82) is 0 Å². The monoisotopic (exact) mass is 318 g/mol. The number of rotatable bonds is 1. The van der Waals surface area contributed by atoms with E-state index in [4.69, 9.17) is 0 Å². The van der Waals surface area contributed by atoms with E-state index in [0.717, 1.165) is 16.6 Å². The molecular weight excluding hydrogens is 307 g/mol. The quantitative estimate of drug-likeness (QED) is 0.804. The highest BCUT2D eigenvalue weighted by Gasteiger charge is 2.13. The average Bonchev–Trinajstić information content (AvgIpc) is 2.51. The van der Waals surface area contributed by atoms with Crippen LogP contribution in [0.1, 0.15) is 6.92 Å². The number of amidine groups is 1. The molecule has 0 amide bonds. The van der Waals surface area contributed by atoms with Gasteiger partial charge in [-0.25, -0.2) is 0 Å². The van der Waals surface area contributed by atoms with Gasteiger partial charge in [0.25, 0.3) is 0 Å². The summed E-state index contributed by atoms with van der Waals surface area (Å²) in [7, 11) is 0. The predicted octanol–water partition coefficient (Wildman–Crippen LogP) is 3.19. The lowest BCUT2D eigenvalue weighted by Gasteiger charge is -2.04. The minimum atomic E-state index is 0.449. The molecule has 1 aromatic rings. The average molecular weight is 318 g/mol. The van der Waals surface area contributed by atoms with Gasteiger partial charge in [0.2, 0.25) is 0 Å². The first kappa shape index (κ1) is 10.3. The predicted molar refractivity (Wildman–Crippen MR) is 72.1 cm³/mol. The number of hydrogen-bond donors (Lipinski definition) is 1. The van der Waals surface area contributed by atoms with Gasteiger partial charge in [-0.1, -0.05) is 17.8 Å². The van der Waals surface area contributed by atoms with Crippen LogP contribution in [-0.4, -0.2) is 17.0 Å². The van der Waals surface area contributed by atoms with Gasteiger partial charge in [0.05, 0.1) is 6.04 Å². The van der Waals surface area contributed by atoms with E-state index in [1.807, 2.05) is 6.07 Å². The Labute approximate surface area is 102 Å². The molecule has 0 spiro atoms. The van der Waals surface area contributed by atoms with Gasteiger partial charge in [0, 0.05) is 15.0 Å². The first-order chi connectivity index (χ1) is 6.74. The van der Waals surface area contributed by atoms with Gasteiger partial charge in [0.1, 0.15) is 0 Å². The summed E-state index contributed by atoms with van der Waals surface area (Å²) in [6.45, 7) is 2.14. The molecule has 14 heavy (non-hydrogen) atoms. The smallest absolute Gasteiger partial charge is 0.161 e. The van der Waals surface area contributed by atoms with E-state index < -0.39 is 0 Å². The maximum absolute atomic E-state index is 4.48. The lowest BCUT2D eigenvalue weighted by Crippen LogP contribution is -2.04. The first-order valence-corrected chi connectivity index (χ1v) is 6.53. The number of benzene rings is 1. The third-order valence-electron chi connectivity index (χ3n) is 1.87. The van der Waals surface area contributed by atoms with Crippen LogP contribution in [0, 0.1) is 3.57 Å². The molecule has 1 aliphatic heterocycles. The molecule has 2 nitrogen and oxygen atoms in total. The van der Waals surface area contributed by atoms with Gasteiger partial charge in [0.15, 0.2) is 5.17 Å². The van der Waals surface area contributed by atoms with Gasteiger partial charge in [-0.15, -0.1) is 0 Å². The fourth-order valence-electron chi connectivity index (χ4n) is 1.23. The molecule has 0 aromatic heterocycles. The molecule has 1 N–H and O–H groups in total. The Morgan fingerprint density at radius 2 is 2.43 bits per heavy atom. The van der Waals surface area contributed by atoms with Crippen LogP contribution in [0.25, 0.3) is 0 Å². The third-order valence-corrected chi connectivity index (χ3v) is 3.68. The summed E-state index contributed by atoms with van der Waals surface area (Å²) < 4.78 is 1.24. The lowest BCUT2D eigenvalue weighted by molar-refractivity contribution is 0.865. The van der Waals surface area contributed by atoms with Gasteiger partial charge < -0.3 is 5.32 Å². The maximum Gasteiger partial charge on any atom is 0.161 e. The molecule has 4 heteroatoms.